The second-order valence-electron chi connectivity index (χ2n) is 3.88. The van der Waals surface area contributed by atoms with E-state index in [-0.39, 0.29) is 18.2 Å². The van der Waals surface area contributed by atoms with E-state index in [1.165, 1.54) is 0 Å². The van der Waals surface area contributed by atoms with Gasteiger partial charge in [-0.05, 0) is 19.3 Å². The van der Waals surface area contributed by atoms with Crippen LogP contribution in [0, 0.1) is 23.2 Å². The van der Waals surface area contributed by atoms with Crippen LogP contribution >= 0.6 is 0 Å². The SMILES string of the molecule is CC(C)CCS(=O)(=O)NCC(C)C#N. The second kappa shape index (κ2) is 5.99. The Labute approximate surface area is 86.4 Å². The topological polar surface area (TPSA) is 70.0 Å². The van der Waals surface area contributed by atoms with Gasteiger partial charge >= 0.3 is 0 Å². The number of rotatable bonds is 6. The summed E-state index contributed by atoms with van der Waals surface area (Å²) in [6, 6.07) is 1.98. The van der Waals surface area contributed by atoms with Crippen LogP contribution in [0.3, 0.4) is 0 Å². The first-order valence-corrected chi connectivity index (χ1v) is 6.39. The van der Waals surface area contributed by atoms with Crippen molar-refractivity contribution in [2.45, 2.75) is 27.2 Å². The van der Waals surface area contributed by atoms with E-state index < -0.39 is 10.0 Å². The maximum Gasteiger partial charge on any atom is 0.211 e. The Bertz CT molecular complexity index is 290. The van der Waals surface area contributed by atoms with Crippen LogP contribution in [0.2, 0.25) is 0 Å². The Kier molecular flexibility index (Phi) is 5.73. The molecule has 1 unspecified atom stereocenters. The van der Waals surface area contributed by atoms with Crippen LogP contribution in [0.5, 0.6) is 0 Å². The van der Waals surface area contributed by atoms with Gasteiger partial charge in [0.1, 0.15) is 0 Å². The second-order valence-corrected chi connectivity index (χ2v) is 5.81. The zero-order valence-electron chi connectivity index (χ0n) is 8.95. The summed E-state index contributed by atoms with van der Waals surface area (Å²) in [4.78, 5) is 0. The summed E-state index contributed by atoms with van der Waals surface area (Å²) >= 11 is 0. The molecule has 5 heteroatoms. The largest absolute Gasteiger partial charge is 0.214 e. The summed E-state index contributed by atoms with van der Waals surface area (Å²) in [5.74, 6) is 0.242. The van der Waals surface area contributed by atoms with Crippen molar-refractivity contribution < 1.29 is 8.42 Å². The van der Waals surface area contributed by atoms with E-state index in [4.69, 9.17) is 5.26 Å². The van der Waals surface area contributed by atoms with Gasteiger partial charge in [0.15, 0.2) is 0 Å². The highest BCUT2D eigenvalue weighted by molar-refractivity contribution is 7.89. The van der Waals surface area contributed by atoms with Gasteiger partial charge in [0, 0.05) is 6.54 Å². The van der Waals surface area contributed by atoms with E-state index >= 15 is 0 Å². The summed E-state index contributed by atoms with van der Waals surface area (Å²) in [5.41, 5.74) is 0. The first kappa shape index (κ1) is 13.4. The van der Waals surface area contributed by atoms with Crippen molar-refractivity contribution >= 4 is 10.0 Å². The fourth-order valence-electron chi connectivity index (χ4n) is 0.761. The van der Waals surface area contributed by atoms with Gasteiger partial charge < -0.3 is 0 Å². The van der Waals surface area contributed by atoms with Crippen LogP contribution in [-0.2, 0) is 10.0 Å². The predicted molar refractivity (Wildman–Crippen MR) is 56.0 cm³/mol. The van der Waals surface area contributed by atoms with E-state index in [0.717, 1.165) is 0 Å². The zero-order chi connectivity index (χ0) is 11.2. The van der Waals surface area contributed by atoms with Crippen LogP contribution in [0.1, 0.15) is 27.2 Å². The van der Waals surface area contributed by atoms with Crippen molar-refractivity contribution in [2.75, 3.05) is 12.3 Å². The Morgan fingerprint density at radius 2 is 1.93 bits per heavy atom. The van der Waals surface area contributed by atoms with Gasteiger partial charge in [-0.3, -0.25) is 0 Å². The predicted octanol–water partition coefficient (Wildman–Crippen LogP) is 1.11. The fraction of sp³-hybridized carbons (Fsp3) is 0.889. The Morgan fingerprint density at radius 3 is 2.36 bits per heavy atom. The van der Waals surface area contributed by atoms with E-state index in [0.29, 0.717) is 12.3 Å². The Hall–Kier alpha value is -0.600. The van der Waals surface area contributed by atoms with Crippen molar-refractivity contribution in [3.63, 3.8) is 0 Å². The molecule has 0 aliphatic rings. The molecule has 0 bridgehead atoms. The average molecular weight is 218 g/mol. The van der Waals surface area contributed by atoms with Crippen molar-refractivity contribution in [1.82, 2.24) is 4.72 Å². The molecule has 82 valence electrons. The molecule has 4 nitrogen and oxygen atoms in total. The molecule has 0 heterocycles. The fourth-order valence-corrected chi connectivity index (χ4v) is 2.19. The Morgan fingerprint density at radius 1 is 1.36 bits per heavy atom. The molecule has 0 aromatic rings. The van der Waals surface area contributed by atoms with E-state index in [2.05, 4.69) is 4.72 Å². The lowest BCUT2D eigenvalue weighted by Gasteiger charge is -2.08. The lowest BCUT2D eigenvalue weighted by atomic mass is 10.2. The first-order chi connectivity index (χ1) is 6.37. The van der Waals surface area contributed by atoms with Crippen LogP contribution in [-0.4, -0.2) is 20.7 Å². The molecule has 0 aromatic heterocycles. The minimum atomic E-state index is -3.18. The summed E-state index contributed by atoms with van der Waals surface area (Å²) < 4.78 is 25.1. The number of hydrogen-bond acceptors (Lipinski definition) is 3. The molecule has 0 fully saturated rings. The number of nitrogens with one attached hydrogen (secondary N) is 1. The summed E-state index contributed by atoms with van der Waals surface area (Å²) in [7, 11) is -3.18. The van der Waals surface area contributed by atoms with Crippen LogP contribution in [0.4, 0.5) is 0 Å². The smallest absolute Gasteiger partial charge is 0.211 e. The standard InChI is InChI=1S/C9H18N2O2S/c1-8(2)4-5-14(12,13)11-7-9(3)6-10/h8-9,11H,4-5,7H2,1-3H3. The third-order valence-electron chi connectivity index (χ3n) is 1.79. The molecule has 0 rings (SSSR count). The maximum absolute atomic E-state index is 11.3. The lowest BCUT2D eigenvalue weighted by Crippen LogP contribution is -2.30. The number of nitrogens with zero attached hydrogens (tertiary/aromatic N) is 1. The molecule has 0 aliphatic heterocycles. The number of sulfonamides is 1. The minimum Gasteiger partial charge on any atom is -0.214 e. The van der Waals surface area contributed by atoms with Crippen LogP contribution in [0.15, 0.2) is 0 Å². The third-order valence-corrected chi connectivity index (χ3v) is 3.17. The molecular weight excluding hydrogens is 200 g/mol. The number of hydrogen-bond donors (Lipinski definition) is 1. The monoisotopic (exact) mass is 218 g/mol. The van der Waals surface area contributed by atoms with Gasteiger partial charge in [-0.25, -0.2) is 13.1 Å². The molecule has 0 radical (unpaired) electrons. The lowest BCUT2D eigenvalue weighted by molar-refractivity contribution is 0.555. The highest BCUT2D eigenvalue weighted by Crippen LogP contribution is 2.02. The van der Waals surface area contributed by atoms with Crippen molar-refractivity contribution in [2.24, 2.45) is 11.8 Å². The molecule has 1 atom stereocenters. The summed E-state index contributed by atoms with van der Waals surface area (Å²) in [6.45, 7) is 5.85. The molecule has 0 saturated carbocycles. The molecule has 14 heavy (non-hydrogen) atoms. The molecule has 0 spiro atoms. The minimum absolute atomic E-state index is 0.142. The number of nitriles is 1. The zero-order valence-corrected chi connectivity index (χ0v) is 9.76. The summed E-state index contributed by atoms with van der Waals surface area (Å²) in [6.07, 6.45) is 0.649. The maximum atomic E-state index is 11.3. The van der Waals surface area contributed by atoms with Gasteiger partial charge in [0.25, 0.3) is 0 Å². The third kappa shape index (κ3) is 6.87. The quantitative estimate of drug-likeness (QED) is 0.726. The van der Waals surface area contributed by atoms with Gasteiger partial charge in [-0.2, -0.15) is 5.26 Å². The van der Waals surface area contributed by atoms with Crippen molar-refractivity contribution in [3.8, 4) is 6.07 Å². The van der Waals surface area contributed by atoms with Crippen LogP contribution < -0.4 is 4.72 Å². The van der Waals surface area contributed by atoms with Gasteiger partial charge in [0.2, 0.25) is 10.0 Å². The van der Waals surface area contributed by atoms with Crippen molar-refractivity contribution in [1.29, 1.82) is 5.26 Å². The molecule has 1 N–H and O–H groups in total. The van der Waals surface area contributed by atoms with Gasteiger partial charge in [-0.15, -0.1) is 0 Å². The van der Waals surface area contributed by atoms with E-state index in [1.807, 2.05) is 19.9 Å². The summed E-state index contributed by atoms with van der Waals surface area (Å²) in [5, 5.41) is 8.46. The van der Waals surface area contributed by atoms with Crippen molar-refractivity contribution in [3.05, 3.63) is 0 Å². The highest BCUT2D eigenvalue weighted by Gasteiger charge is 2.12. The molecule has 0 aromatic carbocycles. The molecular formula is C9H18N2O2S. The van der Waals surface area contributed by atoms with Gasteiger partial charge in [0.05, 0.1) is 17.7 Å². The highest BCUT2D eigenvalue weighted by atomic mass is 32.2. The Balaban J connectivity index is 3.92. The van der Waals surface area contributed by atoms with Crippen LogP contribution in [0.25, 0.3) is 0 Å². The van der Waals surface area contributed by atoms with Gasteiger partial charge in [-0.1, -0.05) is 13.8 Å². The molecule has 0 saturated heterocycles. The first-order valence-electron chi connectivity index (χ1n) is 4.74. The normalized spacial score (nSPS) is 13.9. The molecule has 0 aliphatic carbocycles. The molecule has 0 amide bonds. The van der Waals surface area contributed by atoms with E-state index in [1.54, 1.807) is 6.92 Å². The van der Waals surface area contributed by atoms with E-state index in [9.17, 15) is 8.42 Å². The average Bonchev–Trinajstić information content (AvgIpc) is 2.11.